The fourth-order valence-electron chi connectivity index (χ4n) is 3.23. The van der Waals surface area contributed by atoms with Gasteiger partial charge in [-0.25, -0.2) is 0 Å². The van der Waals surface area contributed by atoms with E-state index in [4.69, 9.17) is 0 Å². The summed E-state index contributed by atoms with van der Waals surface area (Å²) >= 11 is 0. The molecule has 0 spiro atoms. The second-order valence-electron chi connectivity index (χ2n) is 6.07. The Labute approximate surface area is 130 Å². The number of nitrogens with zero attached hydrogens (tertiary/aromatic N) is 5. The highest BCUT2D eigenvalue weighted by atomic mass is 16.2. The van der Waals surface area contributed by atoms with Crippen LogP contribution in [0.2, 0.25) is 0 Å². The van der Waals surface area contributed by atoms with E-state index in [0.29, 0.717) is 12.3 Å². The predicted molar refractivity (Wildman–Crippen MR) is 83.3 cm³/mol. The average molecular weight is 301 g/mol. The van der Waals surface area contributed by atoms with Gasteiger partial charge in [0.2, 0.25) is 5.91 Å². The fourth-order valence-corrected chi connectivity index (χ4v) is 3.23. The Hall–Kier alpha value is -2.11. The van der Waals surface area contributed by atoms with Crippen molar-refractivity contribution in [3.63, 3.8) is 0 Å². The largest absolute Gasteiger partial charge is 0.343 e. The van der Waals surface area contributed by atoms with Crippen molar-refractivity contribution < 1.29 is 4.79 Å². The summed E-state index contributed by atoms with van der Waals surface area (Å²) in [5, 5.41) is 8.45. The molecule has 1 aliphatic heterocycles. The van der Waals surface area contributed by atoms with E-state index in [2.05, 4.69) is 16.3 Å². The van der Waals surface area contributed by atoms with Crippen molar-refractivity contribution >= 4 is 5.91 Å². The maximum absolute atomic E-state index is 12.4. The zero-order valence-electron chi connectivity index (χ0n) is 13.2. The molecule has 1 amide bonds. The summed E-state index contributed by atoms with van der Waals surface area (Å²) < 4.78 is 3.79. The topological polar surface area (TPSA) is 56.0 Å². The molecule has 6 heteroatoms. The lowest BCUT2D eigenvalue weighted by Crippen LogP contribution is -2.39. The van der Waals surface area contributed by atoms with Gasteiger partial charge in [0.15, 0.2) is 0 Å². The molecule has 22 heavy (non-hydrogen) atoms. The number of aromatic nitrogens is 4. The Bertz CT molecular complexity index is 610. The van der Waals surface area contributed by atoms with E-state index >= 15 is 0 Å². The van der Waals surface area contributed by atoms with Gasteiger partial charge in [-0.05, 0) is 31.9 Å². The Kier molecular flexibility index (Phi) is 4.27. The number of carbonyl (C=O) groups excluding carboxylic acids is 1. The van der Waals surface area contributed by atoms with Crippen LogP contribution in [0.4, 0.5) is 0 Å². The summed E-state index contributed by atoms with van der Waals surface area (Å²) in [4.78, 5) is 14.4. The first-order chi connectivity index (χ1) is 10.6. The van der Waals surface area contributed by atoms with Crippen molar-refractivity contribution in [2.45, 2.75) is 38.1 Å². The third-order valence-corrected chi connectivity index (χ3v) is 4.57. The van der Waals surface area contributed by atoms with Crippen molar-refractivity contribution in [1.29, 1.82) is 0 Å². The molecule has 1 atom stereocenters. The first kappa shape index (κ1) is 14.8. The quantitative estimate of drug-likeness (QED) is 0.867. The zero-order chi connectivity index (χ0) is 15.5. The summed E-state index contributed by atoms with van der Waals surface area (Å²) in [6.45, 7) is 3.70. The Balaban J connectivity index is 1.53. The average Bonchev–Trinajstić information content (AvgIpc) is 3.18. The van der Waals surface area contributed by atoms with Gasteiger partial charge < -0.3 is 4.90 Å². The number of piperidine rings is 1. The van der Waals surface area contributed by atoms with E-state index in [9.17, 15) is 4.79 Å². The van der Waals surface area contributed by atoms with Gasteiger partial charge in [-0.15, -0.1) is 0 Å². The molecule has 1 fully saturated rings. The summed E-state index contributed by atoms with van der Waals surface area (Å²) in [6, 6.07) is 4.08. The van der Waals surface area contributed by atoms with E-state index in [0.717, 1.165) is 25.9 Å². The minimum Gasteiger partial charge on any atom is -0.343 e. The fraction of sp³-hybridized carbons (Fsp3) is 0.562. The second-order valence-corrected chi connectivity index (χ2v) is 6.07. The molecule has 118 valence electrons. The number of amides is 1. The Morgan fingerprint density at radius 3 is 2.68 bits per heavy atom. The van der Waals surface area contributed by atoms with E-state index in [-0.39, 0.29) is 11.9 Å². The molecule has 0 radical (unpaired) electrons. The van der Waals surface area contributed by atoms with Crippen LogP contribution in [0.15, 0.2) is 30.7 Å². The van der Waals surface area contributed by atoms with Crippen LogP contribution >= 0.6 is 0 Å². The minimum absolute atomic E-state index is 0.109. The van der Waals surface area contributed by atoms with Gasteiger partial charge in [-0.2, -0.15) is 10.2 Å². The van der Waals surface area contributed by atoms with Gasteiger partial charge in [-0.3, -0.25) is 14.2 Å². The molecule has 0 aromatic carbocycles. The molecule has 1 saturated heterocycles. The monoisotopic (exact) mass is 301 g/mol. The molecular formula is C16H23N5O. The molecule has 3 heterocycles. The lowest BCUT2D eigenvalue weighted by Gasteiger charge is -2.32. The second kappa shape index (κ2) is 6.34. The van der Waals surface area contributed by atoms with Crippen molar-refractivity contribution in [2.24, 2.45) is 7.05 Å². The molecule has 2 aromatic heterocycles. The number of aryl methyl sites for hydroxylation is 1. The summed E-state index contributed by atoms with van der Waals surface area (Å²) in [5.41, 5.74) is 1.28. The maximum atomic E-state index is 12.4. The van der Waals surface area contributed by atoms with Crippen LogP contribution < -0.4 is 0 Å². The number of carbonyl (C=O) groups is 1. The van der Waals surface area contributed by atoms with Crippen LogP contribution in [0.3, 0.4) is 0 Å². The Morgan fingerprint density at radius 1 is 1.32 bits per heavy atom. The third-order valence-electron chi connectivity index (χ3n) is 4.57. The summed E-state index contributed by atoms with van der Waals surface area (Å²) in [5.74, 6) is 0.742. The van der Waals surface area contributed by atoms with Crippen LogP contribution in [-0.4, -0.2) is 43.5 Å². The van der Waals surface area contributed by atoms with Gasteiger partial charge in [0.05, 0.1) is 6.04 Å². The normalized spacial score (nSPS) is 17.6. The van der Waals surface area contributed by atoms with E-state index in [1.54, 1.807) is 6.20 Å². The van der Waals surface area contributed by atoms with Gasteiger partial charge >= 0.3 is 0 Å². The first-order valence-electron chi connectivity index (χ1n) is 7.90. The zero-order valence-corrected chi connectivity index (χ0v) is 13.2. The molecular weight excluding hydrogens is 278 g/mol. The number of likely N-dealkylation sites (tertiary alicyclic amines) is 1. The molecule has 0 N–H and O–H groups in total. The van der Waals surface area contributed by atoms with E-state index < -0.39 is 0 Å². The highest BCUT2D eigenvalue weighted by Crippen LogP contribution is 2.28. The molecule has 0 saturated carbocycles. The molecule has 0 bridgehead atoms. The van der Waals surface area contributed by atoms with Gasteiger partial charge in [0.25, 0.3) is 0 Å². The molecule has 2 aromatic rings. The van der Waals surface area contributed by atoms with Crippen LogP contribution in [0.1, 0.15) is 43.8 Å². The van der Waals surface area contributed by atoms with Gasteiger partial charge in [0.1, 0.15) is 0 Å². The first-order valence-corrected chi connectivity index (χ1v) is 7.90. The van der Waals surface area contributed by atoms with Crippen molar-refractivity contribution in [3.8, 4) is 0 Å². The number of hydrogen-bond acceptors (Lipinski definition) is 3. The van der Waals surface area contributed by atoms with Gasteiger partial charge in [0, 0.05) is 56.8 Å². The van der Waals surface area contributed by atoms with Crippen molar-refractivity contribution in [1.82, 2.24) is 24.5 Å². The van der Waals surface area contributed by atoms with Crippen LogP contribution in [0.25, 0.3) is 0 Å². The minimum atomic E-state index is 0.109. The van der Waals surface area contributed by atoms with Crippen LogP contribution in [0.5, 0.6) is 0 Å². The van der Waals surface area contributed by atoms with E-state index in [1.807, 2.05) is 46.7 Å². The third kappa shape index (κ3) is 3.05. The molecule has 1 unspecified atom stereocenters. The van der Waals surface area contributed by atoms with Crippen molar-refractivity contribution in [2.75, 3.05) is 13.1 Å². The van der Waals surface area contributed by atoms with Crippen LogP contribution in [-0.2, 0) is 11.8 Å². The predicted octanol–water partition coefficient (Wildman–Crippen LogP) is 1.97. The Morgan fingerprint density at radius 2 is 2.09 bits per heavy atom. The molecule has 1 aliphatic rings. The van der Waals surface area contributed by atoms with Crippen LogP contribution in [0, 0.1) is 0 Å². The SMILES string of the molecule is CC(CC(=O)N1CCC(c2ccnn2C)CC1)n1cccn1. The molecule has 6 nitrogen and oxygen atoms in total. The van der Waals surface area contributed by atoms with Crippen molar-refractivity contribution in [3.05, 3.63) is 36.4 Å². The molecule has 3 rings (SSSR count). The lowest BCUT2D eigenvalue weighted by molar-refractivity contribution is -0.133. The highest BCUT2D eigenvalue weighted by Gasteiger charge is 2.26. The lowest BCUT2D eigenvalue weighted by atomic mass is 9.93. The van der Waals surface area contributed by atoms with E-state index in [1.165, 1.54) is 5.69 Å². The summed E-state index contributed by atoms with van der Waals surface area (Å²) in [6.07, 6.45) is 8.05. The number of rotatable bonds is 4. The number of hydrogen-bond donors (Lipinski definition) is 0. The standard InChI is InChI=1S/C16H23N5O/c1-13(21-9-3-7-18-21)12-16(22)20-10-5-14(6-11-20)15-4-8-17-19(15)2/h3-4,7-9,13-14H,5-6,10-12H2,1-2H3. The highest BCUT2D eigenvalue weighted by molar-refractivity contribution is 5.76. The van der Waals surface area contributed by atoms with Gasteiger partial charge in [-0.1, -0.05) is 0 Å². The molecule has 0 aliphatic carbocycles. The smallest absolute Gasteiger partial charge is 0.224 e. The maximum Gasteiger partial charge on any atom is 0.224 e. The summed E-state index contributed by atoms with van der Waals surface area (Å²) in [7, 11) is 1.98.